The van der Waals surface area contributed by atoms with Crippen LogP contribution in [0.25, 0.3) is 0 Å². The quantitative estimate of drug-likeness (QED) is 0.682. The average Bonchev–Trinajstić information content (AvgIpc) is 2.63. The van der Waals surface area contributed by atoms with Gasteiger partial charge < -0.3 is 15.4 Å². The van der Waals surface area contributed by atoms with Gasteiger partial charge in [0, 0.05) is 25.5 Å². The summed E-state index contributed by atoms with van der Waals surface area (Å²) < 4.78 is 31.9. The zero-order chi connectivity index (χ0) is 20.0. The van der Waals surface area contributed by atoms with E-state index in [1.54, 1.807) is 12.1 Å². The predicted molar refractivity (Wildman–Crippen MR) is 114 cm³/mol. The number of nitrogens with one attached hydrogen (secondary N) is 2. The Labute approximate surface area is 166 Å². The Bertz CT molecular complexity index is 912. The molecule has 0 saturated carbocycles. The number of nitrogens with zero attached hydrogens (tertiary/aromatic N) is 1. The molecule has 2 N–H and O–H groups in total. The van der Waals surface area contributed by atoms with E-state index in [-0.39, 0.29) is 4.90 Å². The molecule has 6 nitrogen and oxygen atoms in total. The van der Waals surface area contributed by atoms with Gasteiger partial charge in [-0.25, -0.2) is 12.7 Å². The van der Waals surface area contributed by atoms with E-state index in [1.807, 2.05) is 31.2 Å². The zero-order valence-corrected chi connectivity index (χ0v) is 17.6. The number of benzene rings is 2. The number of anilines is 2. The summed E-state index contributed by atoms with van der Waals surface area (Å²) in [6, 6.07) is 12.8. The fourth-order valence-corrected chi connectivity index (χ4v) is 3.77. The number of hydrogen-bond donors (Lipinski definition) is 2. The minimum Gasteiger partial charge on any atom is -0.492 e. The molecule has 146 valence electrons. The Kier molecular flexibility index (Phi) is 7.18. The summed E-state index contributed by atoms with van der Waals surface area (Å²) in [5.74, 6) is 0.312. The van der Waals surface area contributed by atoms with Gasteiger partial charge in [-0.15, -0.1) is 0 Å². The summed E-state index contributed by atoms with van der Waals surface area (Å²) in [5, 5.41) is 6.59. The maximum Gasteiger partial charge on any atom is 0.246 e. The summed E-state index contributed by atoms with van der Waals surface area (Å²) in [7, 11) is -0.683. The maximum absolute atomic E-state index is 12.6. The Morgan fingerprint density at radius 3 is 2.44 bits per heavy atom. The molecule has 0 aliphatic carbocycles. The molecule has 0 radical (unpaired) electrons. The summed E-state index contributed by atoms with van der Waals surface area (Å²) in [5.41, 5.74) is 2.62. The third kappa shape index (κ3) is 5.18. The lowest BCUT2D eigenvalue weighted by Gasteiger charge is -2.18. The van der Waals surface area contributed by atoms with Crippen molar-refractivity contribution in [1.82, 2.24) is 4.31 Å². The van der Waals surface area contributed by atoms with Gasteiger partial charge in [-0.2, -0.15) is 0 Å². The van der Waals surface area contributed by atoms with Crippen LogP contribution in [0.5, 0.6) is 5.75 Å². The number of aryl methyl sites for hydroxylation is 1. The van der Waals surface area contributed by atoms with Crippen LogP contribution in [0, 0.1) is 0 Å². The number of thiocarbonyl (C=S) groups is 1. The highest BCUT2D eigenvalue weighted by molar-refractivity contribution is 7.89. The van der Waals surface area contributed by atoms with Crippen LogP contribution in [0.1, 0.15) is 19.4 Å². The maximum atomic E-state index is 12.6. The van der Waals surface area contributed by atoms with Gasteiger partial charge in [-0.1, -0.05) is 25.1 Å². The molecule has 0 heterocycles. The Hall–Kier alpha value is -2.16. The number of sulfonamides is 1. The Balaban J connectivity index is 2.27. The monoisotopic (exact) mass is 407 g/mol. The van der Waals surface area contributed by atoms with E-state index in [0.29, 0.717) is 23.2 Å². The molecule has 2 aromatic rings. The second-order valence-corrected chi connectivity index (χ2v) is 8.50. The lowest BCUT2D eigenvalue weighted by Crippen LogP contribution is -2.24. The van der Waals surface area contributed by atoms with Crippen LogP contribution in [-0.4, -0.2) is 38.5 Å². The SMILES string of the molecule is CCOc1ccc(NC(=S)Nc2ccccc2CC)cc1S(=O)(=O)N(C)C. The first-order chi connectivity index (χ1) is 12.8. The molecular formula is C19H25N3O3S2. The van der Waals surface area contributed by atoms with Crippen LogP contribution in [0.2, 0.25) is 0 Å². The van der Waals surface area contributed by atoms with Gasteiger partial charge in [-0.05, 0) is 55.4 Å². The standard InChI is InChI=1S/C19H25N3O3S2/c1-5-14-9-7-8-10-16(14)21-19(26)20-15-11-12-17(25-6-2)18(13-15)27(23,24)22(3)4/h7-13H,5-6H2,1-4H3,(H2,20,21,26). The van der Waals surface area contributed by atoms with Gasteiger partial charge in [0.25, 0.3) is 0 Å². The highest BCUT2D eigenvalue weighted by Gasteiger charge is 2.23. The number of ether oxygens (including phenoxy) is 1. The fraction of sp³-hybridized carbons (Fsp3) is 0.316. The first-order valence-electron chi connectivity index (χ1n) is 8.64. The van der Waals surface area contributed by atoms with Crippen molar-refractivity contribution in [1.29, 1.82) is 0 Å². The van der Waals surface area contributed by atoms with E-state index in [9.17, 15) is 8.42 Å². The molecule has 0 aliphatic rings. The largest absolute Gasteiger partial charge is 0.492 e. The van der Waals surface area contributed by atoms with Crippen molar-refractivity contribution in [3.05, 3.63) is 48.0 Å². The molecule has 0 unspecified atom stereocenters. The van der Waals surface area contributed by atoms with E-state index in [1.165, 1.54) is 20.2 Å². The molecule has 0 amide bonds. The van der Waals surface area contributed by atoms with Crippen LogP contribution in [0.3, 0.4) is 0 Å². The van der Waals surface area contributed by atoms with Crippen LogP contribution >= 0.6 is 12.2 Å². The van der Waals surface area contributed by atoms with Gasteiger partial charge in [0.15, 0.2) is 5.11 Å². The van der Waals surface area contributed by atoms with Crippen molar-refractivity contribution >= 4 is 38.7 Å². The van der Waals surface area contributed by atoms with Crippen molar-refractivity contribution < 1.29 is 13.2 Å². The molecule has 0 atom stereocenters. The molecule has 8 heteroatoms. The van der Waals surface area contributed by atoms with Crippen molar-refractivity contribution in [2.45, 2.75) is 25.2 Å². The molecule has 0 fully saturated rings. The highest BCUT2D eigenvalue weighted by atomic mass is 32.2. The van der Waals surface area contributed by atoms with Gasteiger partial charge >= 0.3 is 0 Å². The van der Waals surface area contributed by atoms with Crippen molar-refractivity contribution in [2.75, 3.05) is 31.3 Å². The first kappa shape index (κ1) is 21.1. The second-order valence-electron chi connectivity index (χ2n) is 5.97. The van der Waals surface area contributed by atoms with Crippen LogP contribution in [0.15, 0.2) is 47.4 Å². The predicted octanol–water partition coefficient (Wildman–Crippen LogP) is 3.71. The zero-order valence-electron chi connectivity index (χ0n) is 15.9. The molecule has 0 bridgehead atoms. The molecule has 2 rings (SSSR count). The smallest absolute Gasteiger partial charge is 0.246 e. The van der Waals surface area contributed by atoms with Crippen LogP contribution in [0.4, 0.5) is 11.4 Å². The highest BCUT2D eigenvalue weighted by Crippen LogP contribution is 2.29. The van der Waals surface area contributed by atoms with Crippen molar-refractivity contribution in [2.24, 2.45) is 0 Å². The minimum atomic E-state index is -3.65. The molecule has 27 heavy (non-hydrogen) atoms. The van der Waals surface area contributed by atoms with E-state index in [4.69, 9.17) is 17.0 Å². The fourth-order valence-electron chi connectivity index (χ4n) is 2.49. The van der Waals surface area contributed by atoms with Gasteiger partial charge in [0.05, 0.1) is 6.61 Å². The summed E-state index contributed by atoms with van der Waals surface area (Å²) in [6.45, 7) is 4.25. The average molecular weight is 408 g/mol. The molecule has 2 aromatic carbocycles. The molecule has 0 spiro atoms. The summed E-state index contributed by atoms with van der Waals surface area (Å²) >= 11 is 5.38. The normalized spacial score (nSPS) is 11.3. The lowest BCUT2D eigenvalue weighted by atomic mass is 10.1. The van der Waals surface area contributed by atoms with Crippen molar-refractivity contribution in [3.8, 4) is 5.75 Å². The van der Waals surface area contributed by atoms with Gasteiger partial charge in [0.1, 0.15) is 10.6 Å². The Morgan fingerprint density at radius 1 is 1.11 bits per heavy atom. The van der Waals surface area contributed by atoms with E-state index in [2.05, 4.69) is 17.6 Å². The number of rotatable bonds is 7. The molecular weight excluding hydrogens is 382 g/mol. The third-order valence-electron chi connectivity index (χ3n) is 3.91. The van der Waals surface area contributed by atoms with E-state index < -0.39 is 10.0 Å². The van der Waals surface area contributed by atoms with E-state index >= 15 is 0 Å². The van der Waals surface area contributed by atoms with Crippen molar-refractivity contribution in [3.63, 3.8) is 0 Å². The van der Waals surface area contributed by atoms with Crippen LogP contribution in [-0.2, 0) is 16.4 Å². The minimum absolute atomic E-state index is 0.0936. The number of hydrogen-bond acceptors (Lipinski definition) is 4. The first-order valence-corrected chi connectivity index (χ1v) is 10.5. The van der Waals surface area contributed by atoms with E-state index in [0.717, 1.165) is 22.0 Å². The molecule has 0 saturated heterocycles. The third-order valence-corrected chi connectivity index (χ3v) is 5.95. The number of para-hydroxylation sites is 1. The summed E-state index contributed by atoms with van der Waals surface area (Å²) in [6.07, 6.45) is 0.875. The molecule has 0 aliphatic heterocycles. The van der Waals surface area contributed by atoms with Gasteiger partial charge in [0.2, 0.25) is 10.0 Å². The molecule has 0 aromatic heterocycles. The van der Waals surface area contributed by atoms with Crippen LogP contribution < -0.4 is 15.4 Å². The topological polar surface area (TPSA) is 70.7 Å². The lowest BCUT2D eigenvalue weighted by molar-refractivity contribution is 0.330. The Morgan fingerprint density at radius 2 is 1.81 bits per heavy atom. The second kappa shape index (κ2) is 9.16. The summed E-state index contributed by atoms with van der Waals surface area (Å²) in [4.78, 5) is 0.0936. The van der Waals surface area contributed by atoms with Gasteiger partial charge in [-0.3, -0.25) is 0 Å².